The highest BCUT2D eigenvalue weighted by molar-refractivity contribution is 6.35. The van der Waals surface area contributed by atoms with Crippen molar-refractivity contribution in [2.24, 2.45) is 5.10 Å². The Kier molecular flexibility index (Phi) is 8.87. The third-order valence-corrected chi connectivity index (χ3v) is 5.20. The number of carbonyl (C=O) groups excluding carboxylic acids is 2. The molecule has 0 saturated heterocycles. The van der Waals surface area contributed by atoms with Gasteiger partial charge in [0, 0.05) is 11.4 Å². The molecular formula is C25H23Cl2N3O3. The predicted octanol–water partition coefficient (Wildman–Crippen LogP) is 4.64. The smallest absolute Gasteiger partial charge is 0.262 e. The maximum atomic E-state index is 12.8. The minimum atomic E-state index is -0.900. The molecule has 2 amide bonds. The van der Waals surface area contributed by atoms with E-state index >= 15 is 0 Å². The van der Waals surface area contributed by atoms with Crippen molar-refractivity contribution in [3.8, 4) is 5.75 Å². The Labute approximate surface area is 202 Å². The van der Waals surface area contributed by atoms with Gasteiger partial charge >= 0.3 is 0 Å². The summed E-state index contributed by atoms with van der Waals surface area (Å²) in [5.74, 6) is -0.597. The van der Waals surface area contributed by atoms with Crippen LogP contribution in [0.4, 0.5) is 0 Å². The Morgan fingerprint density at radius 3 is 2.30 bits per heavy atom. The van der Waals surface area contributed by atoms with Crippen LogP contribution in [0.5, 0.6) is 5.75 Å². The van der Waals surface area contributed by atoms with Crippen molar-refractivity contribution >= 4 is 41.2 Å². The molecule has 3 aromatic rings. The first-order valence-corrected chi connectivity index (χ1v) is 11.0. The molecule has 0 saturated carbocycles. The SMILES string of the molecule is C[C@@H](Oc1ccc(Cl)cc1Cl)C(=O)N[C@@H](Cc1ccccc1)C(=O)N/N=C\c1ccccc1. The van der Waals surface area contributed by atoms with E-state index in [-0.39, 0.29) is 11.4 Å². The summed E-state index contributed by atoms with van der Waals surface area (Å²) in [6.07, 6.45) is 0.920. The molecule has 0 aromatic heterocycles. The normalized spacial score (nSPS) is 12.7. The number of halogens is 2. The van der Waals surface area contributed by atoms with E-state index in [2.05, 4.69) is 15.8 Å². The van der Waals surface area contributed by atoms with Crippen molar-refractivity contribution in [1.29, 1.82) is 0 Å². The Balaban J connectivity index is 1.68. The van der Waals surface area contributed by atoms with Gasteiger partial charge in [-0.2, -0.15) is 5.10 Å². The van der Waals surface area contributed by atoms with E-state index in [1.807, 2.05) is 60.7 Å². The van der Waals surface area contributed by atoms with E-state index in [9.17, 15) is 9.59 Å². The molecule has 0 unspecified atom stereocenters. The zero-order chi connectivity index (χ0) is 23.6. The highest BCUT2D eigenvalue weighted by atomic mass is 35.5. The lowest BCUT2D eigenvalue weighted by Crippen LogP contribution is -2.50. The van der Waals surface area contributed by atoms with Crippen molar-refractivity contribution in [1.82, 2.24) is 10.7 Å². The summed E-state index contributed by atoms with van der Waals surface area (Å²) in [7, 11) is 0. The fourth-order valence-corrected chi connectivity index (χ4v) is 3.40. The first-order valence-electron chi connectivity index (χ1n) is 10.3. The number of nitrogens with zero attached hydrogens (tertiary/aromatic N) is 1. The minimum Gasteiger partial charge on any atom is -0.479 e. The zero-order valence-electron chi connectivity index (χ0n) is 17.9. The number of hydrogen-bond acceptors (Lipinski definition) is 4. The predicted molar refractivity (Wildman–Crippen MR) is 131 cm³/mol. The number of carbonyl (C=O) groups is 2. The molecule has 3 aromatic carbocycles. The minimum absolute atomic E-state index is 0.285. The highest BCUT2D eigenvalue weighted by Crippen LogP contribution is 2.28. The molecule has 6 nitrogen and oxygen atoms in total. The Bertz CT molecular complexity index is 1110. The molecule has 0 heterocycles. The fourth-order valence-electron chi connectivity index (χ4n) is 2.95. The Morgan fingerprint density at radius 2 is 1.64 bits per heavy atom. The molecule has 3 rings (SSSR count). The van der Waals surface area contributed by atoms with E-state index in [0.717, 1.165) is 11.1 Å². The summed E-state index contributed by atoms with van der Waals surface area (Å²) >= 11 is 12.0. The number of hydrazone groups is 1. The lowest BCUT2D eigenvalue weighted by Gasteiger charge is -2.21. The van der Waals surface area contributed by atoms with E-state index in [1.165, 1.54) is 12.3 Å². The maximum Gasteiger partial charge on any atom is 0.262 e. The van der Waals surface area contributed by atoms with Crippen molar-refractivity contribution in [2.45, 2.75) is 25.5 Å². The monoisotopic (exact) mass is 483 g/mol. The average Bonchev–Trinajstić information content (AvgIpc) is 2.81. The molecular weight excluding hydrogens is 461 g/mol. The van der Waals surface area contributed by atoms with Crippen LogP contribution in [0.2, 0.25) is 10.0 Å². The second kappa shape index (κ2) is 12.0. The molecule has 8 heteroatoms. The van der Waals surface area contributed by atoms with Gasteiger partial charge in [-0.1, -0.05) is 83.9 Å². The largest absolute Gasteiger partial charge is 0.479 e. The van der Waals surface area contributed by atoms with E-state index in [1.54, 1.807) is 19.1 Å². The third-order valence-electron chi connectivity index (χ3n) is 4.67. The van der Waals surface area contributed by atoms with Crippen molar-refractivity contribution < 1.29 is 14.3 Å². The summed E-state index contributed by atoms with van der Waals surface area (Å²) in [6, 6.07) is 22.6. The molecule has 0 radical (unpaired) electrons. The van der Waals surface area contributed by atoms with E-state index in [4.69, 9.17) is 27.9 Å². The van der Waals surface area contributed by atoms with Gasteiger partial charge in [0.15, 0.2) is 6.10 Å². The van der Waals surface area contributed by atoms with Gasteiger partial charge in [-0.05, 0) is 36.2 Å². The number of ether oxygens (including phenoxy) is 1. The van der Waals surface area contributed by atoms with Crippen LogP contribution in [-0.4, -0.2) is 30.2 Å². The lowest BCUT2D eigenvalue weighted by molar-refractivity contribution is -0.132. The van der Waals surface area contributed by atoms with E-state index in [0.29, 0.717) is 10.8 Å². The van der Waals surface area contributed by atoms with Crippen LogP contribution in [0, 0.1) is 0 Å². The van der Waals surface area contributed by atoms with Crippen LogP contribution in [0.1, 0.15) is 18.1 Å². The molecule has 2 N–H and O–H groups in total. The summed E-state index contributed by atoms with van der Waals surface area (Å²) in [6.45, 7) is 1.57. The zero-order valence-corrected chi connectivity index (χ0v) is 19.4. The highest BCUT2D eigenvalue weighted by Gasteiger charge is 2.25. The second-order valence-corrected chi connectivity index (χ2v) is 8.07. The van der Waals surface area contributed by atoms with Gasteiger partial charge in [0.05, 0.1) is 11.2 Å². The maximum absolute atomic E-state index is 12.8. The Hall–Kier alpha value is -3.35. The van der Waals surface area contributed by atoms with Crippen LogP contribution < -0.4 is 15.5 Å². The van der Waals surface area contributed by atoms with Gasteiger partial charge in [-0.25, -0.2) is 5.43 Å². The molecule has 0 aliphatic carbocycles. The topological polar surface area (TPSA) is 79.8 Å². The van der Waals surface area contributed by atoms with Gasteiger partial charge in [0.1, 0.15) is 11.8 Å². The molecule has 0 fully saturated rings. The van der Waals surface area contributed by atoms with Gasteiger partial charge in [-0.15, -0.1) is 0 Å². The summed E-state index contributed by atoms with van der Waals surface area (Å²) in [5, 5.41) is 7.50. The first-order chi connectivity index (χ1) is 15.9. The van der Waals surface area contributed by atoms with Gasteiger partial charge in [-0.3, -0.25) is 9.59 Å². The van der Waals surface area contributed by atoms with Gasteiger partial charge in [0.2, 0.25) is 0 Å². The number of hydrogen-bond donors (Lipinski definition) is 2. The lowest BCUT2D eigenvalue weighted by atomic mass is 10.1. The van der Waals surface area contributed by atoms with Gasteiger partial charge < -0.3 is 10.1 Å². The standard InChI is InChI=1S/C25H23Cl2N3O3/c1-17(33-23-13-12-20(26)15-21(23)27)24(31)29-22(14-18-8-4-2-5-9-18)25(32)30-28-16-19-10-6-3-7-11-19/h2-13,15-17,22H,14H2,1H3,(H,29,31)(H,30,32)/b28-16-/t17-,22+/m1/s1. The molecule has 33 heavy (non-hydrogen) atoms. The average molecular weight is 484 g/mol. The van der Waals surface area contributed by atoms with Crippen molar-refractivity contribution in [3.05, 3.63) is 100 Å². The number of benzene rings is 3. The van der Waals surface area contributed by atoms with Crippen LogP contribution >= 0.6 is 23.2 Å². The van der Waals surface area contributed by atoms with Crippen LogP contribution in [0.25, 0.3) is 0 Å². The number of nitrogens with one attached hydrogen (secondary N) is 2. The molecule has 0 aliphatic rings. The summed E-state index contributed by atoms with van der Waals surface area (Å²) in [4.78, 5) is 25.6. The fraction of sp³-hybridized carbons (Fsp3) is 0.160. The Morgan fingerprint density at radius 1 is 0.970 bits per heavy atom. The van der Waals surface area contributed by atoms with Crippen molar-refractivity contribution in [3.63, 3.8) is 0 Å². The van der Waals surface area contributed by atoms with E-state index < -0.39 is 24.0 Å². The third kappa shape index (κ3) is 7.63. The van der Waals surface area contributed by atoms with Crippen LogP contribution in [-0.2, 0) is 16.0 Å². The summed E-state index contributed by atoms with van der Waals surface area (Å²) in [5.41, 5.74) is 4.22. The number of rotatable bonds is 9. The first kappa shape index (κ1) is 24.3. The molecule has 0 aliphatic heterocycles. The van der Waals surface area contributed by atoms with Crippen LogP contribution in [0.3, 0.4) is 0 Å². The number of amides is 2. The van der Waals surface area contributed by atoms with Crippen LogP contribution in [0.15, 0.2) is 84.0 Å². The van der Waals surface area contributed by atoms with Crippen molar-refractivity contribution in [2.75, 3.05) is 0 Å². The van der Waals surface area contributed by atoms with Gasteiger partial charge in [0.25, 0.3) is 11.8 Å². The molecule has 0 bridgehead atoms. The molecule has 0 spiro atoms. The summed E-state index contributed by atoms with van der Waals surface area (Å²) < 4.78 is 5.67. The second-order valence-electron chi connectivity index (χ2n) is 7.23. The quantitative estimate of drug-likeness (QED) is 0.343. The molecule has 170 valence electrons. The molecule has 2 atom stereocenters.